The lowest BCUT2D eigenvalue weighted by atomic mass is 10.2. The highest BCUT2D eigenvalue weighted by atomic mass is 79.9. The van der Waals surface area contributed by atoms with E-state index in [-0.39, 0.29) is 0 Å². The molecule has 0 spiro atoms. The molecule has 0 aliphatic rings. The summed E-state index contributed by atoms with van der Waals surface area (Å²) in [5.74, 6) is 0.816. The number of nitrogens with one attached hydrogen (secondary N) is 1. The molecule has 0 aliphatic heterocycles. The second-order valence-electron chi connectivity index (χ2n) is 3.18. The van der Waals surface area contributed by atoms with Crippen LogP contribution in [-0.4, -0.2) is 4.98 Å². The zero-order valence-electron chi connectivity index (χ0n) is 8.12. The Morgan fingerprint density at radius 3 is 2.87 bits per heavy atom. The second kappa shape index (κ2) is 4.20. The van der Waals surface area contributed by atoms with Crippen molar-refractivity contribution in [3.05, 3.63) is 33.7 Å². The van der Waals surface area contributed by atoms with E-state index in [0.29, 0.717) is 5.69 Å². The van der Waals surface area contributed by atoms with Crippen LogP contribution in [-0.2, 0) is 0 Å². The maximum Gasteiger partial charge on any atom is 0.131 e. The van der Waals surface area contributed by atoms with Gasteiger partial charge >= 0.3 is 0 Å². The Morgan fingerprint density at radius 2 is 2.27 bits per heavy atom. The Bertz CT molecular complexity index is 481. The van der Waals surface area contributed by atoms with E-state index in [1.807, 2.05) is 24.4 Å². The summed E-state index contributed by atoms with van der Waals surface area (Å²) in [6, 6.07) is 3.95. The minimum atomic E-state index is 0.716. The van der Waals surface area contributed by atoms with Crippen LogP contribution in [0.1, 0.15) is 5.56 Å². The number of nitrogens with two attached hydrogens (primary N) is 1. The molecule has 3 nitrogen and oxygen atoms in total. The van der Waals surface area contributed by atoms with Crippen LogP contribution in [0.3, 0.4) is 0 Å². The summed E-state index contributed by atoms with van der Waals surface area (Å²) in [5, 5.41) is 6.29. The number of hydrogen-bond donors (Lipinski definition) is 2. The van der Waals surface area contributed by atoms with E-state index in [9.17, 15) is 0 Å². The van der Waals surface area contributed by atoms with Crippen LogP contribution < -0.4 is 11.1 Å². The third kappa shape index (κ3) is 2.49. The number of hydrogen-bond acceptors (Lipinski definition) is 4. The first-order chi connectivity index (χ1) is 7.15. The van der Waals surface area contributed by atoms with E-state index in [2.05, 4.69) is 26.2 Å². The molecule has 2 aromatic rings. The Hall–Kier alpha value is -1.07. The lowest BCUT2D eigenvalue weighted by Crippen LogP contribution is -1.95. The molecule has 0 fully saturated rings. The van der Waals surface area contributed by atoms with Crippen molar-refractivity contribution in [2.24, 2.45) is 0 Å². The van der Waals surface area contributed by atoms with Crippen molar-refractivity contribution in [3.8, 4) is 0 Å². The van der Waals surface area contributed by atoms with E-state index >= 15 is 0 Å². The number of aromatic nitrogens is 1. The number of halogens is 1. The van der Waals surface area contributed by atoms with Crippen molar-refractivity contribution in [2.45, 2.75) is 6.92 Å². The van der Waals surface area contributed by atoms with Crippen LogP contribution in [0.5, 0.6) is 0 Å². The third-order valence-electron chi connectivity index (χ3n) is 1.97. The SMILES string of the molecule is Cc1cc(Nc2cc(Br)cs2)ncc1N. The highest BCUT2D eigenvalue weighted by Crippen LogP contribution is 2.27. The molecule has 0 bridgehead atoms. The zero-order chi connectivity index (χ0) is 10.8. The summed E-state index contributed by atoms with van der Waals surface area (Å²) in [4.78, 5) is 4.20. The standard InChI is InChI=1S/C10H10BrN3S/c1-6-2-9(13-4-8(6)12)14-10-3-7(11)5-15-10/h2-5H,12H2,1H3,(H,13,14). The summed E-state index contributed by atoms with van der Waals surface area (Å²) >= 11 is 5.03. The van der Waals surface area contributed by atoms with Gasteiger partial charge in [-0.05, 0) is 40.5 Å². The molecule has 5 heteroatoms. The molecular formula is C10H10BrN3S. The fourth-order valence-electron chi connectivity index (χ4n) is 1.14. The van der Waals surface area contributed by atoms with Crippen LogP contribution in [0.4, 0.5) is 16.5 Å². The number of nitrogen functional groups attached to an aromatic ring is 1. The number of anilines is 3. The van der Waals surface area contributed by atoms with E-state index in [1.54, 1.807) is 17.5 Å². The summed E-state index contributed by atoms with van der Waals surface area (Å²) < 4.78 is 1.07. The third-order valence-corrected chi connectivity index (χ3v) is 3.58. The lowest BCUT2D eigenvalue weighted by molar-refractivity contribution is 1.28. The van der Waals surface area contributed by atoms with E-state index in [4.69, 9.17) is 5.73 Å². The van der Waals surface area contributed by atoms with Gasteiger partial charge in [-0.25, -0.2) is 4.98 Å². The minimum absolute atomic E-state index is 0.716. The van der Waals surface area contributed by atoms with E-state index < -0.39 is 0 Å². The molecule has 2 rings (SSSR count). The molecule has 78 valence electrons. The number of thiophene rings is 1. The highest BCUT2D eigenvalue weighted by molar-refractivity contribution is 9.10. The van der Waals surface area contributed by atoms with E-state index in [0.717, 1.165) is 20.9 Å². The van der Waals surface area contributed by atoms with Gasteiger partial charge in [0.25, 0.3) is 0 Å². The summed E-state index contributed by atoms with van der Waals surface area (Å²) in [6.45, 7) is 1.96. The summed E-state index contributed by atoms with van der Waals surface area (Å²) in [7, 11) is 0. The van der Waals surface area contributed by atoms with Crippen molar-refractivity contribution in [3.63, 3.8) is 0 Å². The molecule has 0 amide bonds. The van der Waals surface area contributed by atoms with Gasteiger partial charge in [0.1, 0.15) is 5.82 Å². The normalized spacial score (nSPS) is 10.3. The van der Waals surface area contributed by atoms with Crippen molar-refractivity contribution < 1.29 is 0 Å². The molecule has 15 heavy (non-hydrogen) atoms. The average Bonchev–Trinajstić information content (AvgIpc) is 2.58. The Kier molecular flexibility index (Phi) is 2.93. The van der Waals surface area contributed by atoms with Crippen LogP contribution in [0, 0.1) is 6.92 Å². The van der Waals surface area contributed by atoms with Crippen molar-refractivity contribution in [1.29, 1.82) is 0 Å². The van der Waals surface area contributed by atoms with Gasteiger partial charge in [0.05, 0.1) is 16.9 Å². The second-order valence-corrected chi connectivity index (χ2v) is 5.01. The van der Waals surface area contributed by atoms with Gasteiger partial charge < -0.3 is 11.1 Å². The van der Waals surface area contributed by atoms with Gasteiger partial charge in [0, 0.05) is 9.85 Å². The van der Waals surface area contributed by atoms with Gasteiger partial charge in [-0.15, -0.1) is 11.3 Å². The number of aryl methyl sites for hydroxylation is 1. The Morgan fingerprint density at radius 1 is 1.47 bits per heavy atom. The van der Waals surface area contributed by atoms with Gasteiger partial charge in [-0.3, -0.25) is 0 Å². The number of nitrogens with zero attached hydrogens (tertiary/aromatic N) is 1. The molecule has 2 heterocycles. The zero-order valence-corrected chi connectivity index (χ0v) is 10.5. The quantitative estimate of drug-likeness (QED) is 0.886. The fraction of sp³-hybridized carbons (Fsp3) is 0.100. The van der Waals surface area contributed by atoms with Crippen LogP contribution in [0.25, 0.3) is 0 Å². The average molecular weight is 284 g/mol. The predicted octanol–water partition coefficient (Wildman–Crippen LogP) is 3.54. The smallest absolute Gasteiger partial charge is 0.131 e. The van der Waals surface area contributed by atoms with Crippen LogP contribution in [0.15, 0.2) is 28.2 Å². The topological polar surface area (TPSA) is 50.9 Å². The lowest BCUT2D eigenvalue weighted by Gasteiger charge is -2.04. The van der Waals surface area contributed by atoms with Crippen LogP contribution >= 0.6 is 27.3 Å². The molecule has 0 atom stereocenters. The van der Waals surface area contributed by atoms with Gasteiger partial charge in [-0.2, -0.15) is 0 Å². The summed E-state index contributed by atoms with van der Waals surface area (Å²) in [5.41, 5.74) is 7.44. The molecule has 0 aromatic carbocycles. The van der Waals surface area contributed by atoms with Crippen LogP contribution in [0.2, 0.25) is 0 Å². The Balaban J connectivity index is 2.21. The minimum Gasteiger partial charge on any atom is -0.397 e. The molecule has 0 unspecified atom stereocenters. The molecule has 0 aliphatic carbocycles. The van der Waals surface area contributed by atoms with Crippen molar-refractivity contribution >= 4 is 43.8 Å². The summed E-state index contributed by atoms with van der Waals surface area (Å²) in [6.07, 6.45) is 1.67. The molecule has 0 saturated heterocycles. The van der Waals surface area contributed by atoms with Gasteiger partial charge in [0.15, 0.2) is 0 Å². The largest absolute Gasteiger partial charge is 0.397 e. The Labute approximate surface area is 100 Å². The van der Waals surface area contributed by atoms with Gasteiger partial charge in [0.2, 0.25) is 0 Å². The molecule has 2 aromatic heterocycles. The fourth-order valence-corrected chi connectivity index (χ4v) is 2.47. The molecule has 0 saturated carbocycles. The maximum atomic E-state index is 5.69. The molecular weight excluding hydrogens is 274 g/mol. The first-order valence-electron chi connectivity index (χ1n) is 4.38. The first kappa shape index (κ1) is 10.4. The number of rotatable bonds is 2. The van der Waals surface area contributed by atoms with Crippen molar-refractivity contribution in [2.75, 3.05) is 11.1 Å². The van der Waals surface area contributed by atoms with Crippen molar-refractivity contribution in [1.82, 2.24) is 4.98 Å². The number of pyridine rings is 1. The molecule has 3 N–H and O–H groups in total. The highest BCUT2D eigenvalue weighted by Gasteiger charge is 2.01. The predicted molar refractivity (Wildman–Crippen MR) is 68.7 cm³/mol. The monoisotopic (exact) mass is 283 g/mol. The first-order valence-corrected chi connectivity index (χ1v) is 6.05. The maximum absolute atomic E-state index is 5.69. The van der Waals surface area contributed by atoms with Gasteiger partial charge in [-0.1, -0.05) is 0 Å². The van der Waals surface area contributed by atoms with E-state index in [1.165, 1.54) is 0 Å². The molecule has 0 radical (unpaired) electrons.